The van der Waals surface area contributed by atoms with Crippen molar-refractivity contribution in [2.24, 2.45) is 0 Å². The van der Waals surface area contributed by atoms with E-state index in [1.165, 1.54) is 0 Å². The van der Waals surface area contributed by atoms with Gasteiger partial charge in [-0.1, -0.05) is 0 Å². The number of methoxy groups -OCH3 is 1. The molecule has 1 N–H and O–H groups in total. The van der Waals surface area contributed by atoms with Crippen LogP contribution in [0, 0.1) is 0 Å². The van der Waals surface area contributed by atoms with Crippen LogP contribution in [0.4, 0.5) is 0 Å². The molecule has 128 valence electrons. The molecule has 2 rings (SSSR count). The lowest BCUT2D eigenvalue weighted by atomic mass is 10.1. The van der Waals surface area contributed by atoms with Crippen molar-refractivity contribution >= 4 is 5.91 Å². The molecule has 0 bridgehead atoms. The standard InChI is InChI=1S/C16H31N3O3/c1-13-10-18(11-14(2)22-13)12-15-5-4-7-19(15)16(20)9-17-6-8-21-3/h13-15,17H,4-12H2,1-3H3/t13-,14-,15+/m0/s1. The van der Waals surface area contributed by atoms with E-state index in [1.807, 2.05) is 0 Å². The van der Waals surface area contributed by atoms with E-state index in [9.17, 15) is 4.79 Å². The molecule has 6 nitrogen and oxygen atoms in total. The fourth-order valence-corrected chi connectivity index (χ4v) is 3.56. The quantitative estimate of drug-likeness (QED) is 0.686. The lowest BCUT2D eigenvalue weighted by Gasteiger charge is -2.38. The number of ether oxygens (including phenoxy) is 2. The smallest absolute Gasteiger partial charge is 0.236 e. The maximum atomic E-state index is 12.4. The van der Waals surface area contributed by atoms with Crippen LogP contribution >= 0.6 is 0 Å². The van der Waals surface area contributed by atoms with Gasteiger partial charge in [-0.25, -0.2) is 0 Å². The van der Waals surface area contributed by atoms with Gasteiger partial charge in [0, 0.05) is 45.9 Å². The van der Waals surface area contributed by atoms with Gasteiger partial charge in [0.25, 0.3) is 0 Å². The number of rotatable bonds is 7. The predicted molar refractivity (Wildman–Crippen MR) is 85.9 cm³/mol. The van der Waals surface area contributed by atoms with Gasteiger partial charge in [-0.3, -0.25) is 9.69 Å². The Morgan fingerprint density at radius 1 is 1.32 bits per heavy atom. The van der Waals surface area contributed by atoms with Gasteiger partial charge < -0.3 is 19.7 Å². The second-order valence-corrected chi connectivity index (χ2v) is 6.53. The number of hydrogen-bond donors (Lipinski definition) is 1. The van der Waals surface area contributed by atoms with Crippen molar-refractivity contribution < 1.29 is 14.3 Å². The summed E-state index contributed by atoms with van der Waals surface area (Å²) >= 11 is 0. The van der Waals surface area contributed by atoms with Gasteiger partial charge in [-0.15, -0.1) is 0 Å². The highest BCUT2D eigenvalue weighted by atomic mass is 16.5. The fourth-order valence-electron chi connectivity index (χ4n) is 3.56. The Morgan fingerprint density at radius 3 is 2.73 bits per heavy atom. The molecule has 0 aromatic carbocycles. The lowest BCUT2D eigenvalue weighted by molar-refractivity contribution is -0.132. The Kier molecular flexibility index (Phi) is 7.08. The third-order valence-corrected chi connectivity index (χ3v) is 4.42. The first kappa shape index (κ1) is 17.7. The zero-order chi connectivity index (χ0) is 15.9. The first-order valence-electron chi connectivity index (χ1n) is 8.47. The molecule has 1 amide bonds. The van der Waals surface area contributed by atoms with Crippen LogP contribution in [0.5, 0.6) is 0 Å². The monoisotopic (exact) mass is 313 g/mol. The molecule has 3 atom stereocenters. The second kappa shape index (κ2) is 8.82. The predicted octanol–water partition coefficient (Wildman–Crippen LogP) is 0.323. The SMILES string of the molecule is COCCNCC(=O)N1CCC[C@@H]1CN1C[C@H](C)O[C@@H](C)C1. The molecule has 2 aliphatic rings. The number of carbonyl (C=O) groups excluding carboxylic acids is 1. The molecule has 6 heteroatoms. The summed E-state index contributed by atoms with van der Waals surface area (Å²) in [5, 5.41) is 3.15. The summed E-state index contributed by atoms with van der Waals surface area (Å²) in [6, 6.07) is 0.356. The summed E-state index contributed by atoms with van der Waals surface area (Å²) < 4.78 is 10.8. The molecule has 0 aromatic rings. The highest BCUT2D eigenvalue weighted by Crippen LogP contribution is 2.20. The van der Waals surface area contributed by atoms with Gasteiger partial charge in [-0.05, 0) is 26.7 Å². The van der Waals surface area contributed by atoms with E-state index in [0.717, 1.165) is 45.6 Å². The van der Waals surface area contributed by atoms with Crippen LogP contribution in [-0.4, -0.2) is 86.9 Å². The minimum Gasteiger partial charge on any atom is -0.383 e. The summed E-state index contributed by atoms with van der Waals surface area (Å²) in [6.45, 7) is 9.83. The van der Waals surface area contributed by atoms with Crippen molar-refractivity contribution in [3.05, 3.63) is 0 Å². The van der Waals surface area contributed by atoms with Crippen molar-refractivity contribution in [3.63, 3.8) is 0 Å². The fraction of sp³-hybridized carbons (Fsp3) is 0.938. The lowest BCUT2D eigenvalue weighted by Crippen LogP contribution is -2.51. The Bertz CT molecular complexity index is 344. The number of amides is 1. The molecule has 2 aliphatic heterocycles. The van der Waals surface area contributed by atoms with Crippen LogP contribution < -0.4 is 5.32 Å². The number of carbonyl (C=O) groups is 1. The van der Waals surface area contributed by atoms with E-state index >= 15 is 0 Å². The van der Waals surface area contributed by atoms with E-state index in [2.05, 4.69) is 29.0 Å². The molecule has 0 aliphatic carbocycles. The van der Waals surface area contributed by atoms with Crippen molar-refractivity contribution in [2.75, 3.05) is 53.0 Å². The van der Waals surface area contributed by atoms with E-state index in [1.54, 1.807) is 7.11 Å². The molecule has 0 unspecified atom stereocenters. The molecule has 0 spiro atoms. The van der Waals surface area contributed by atoms with E-state index in [-0.39, 0.29) is 18.1 Å². The molecular weight excluding hydrogens is 282 g/mol. The third-order valence-electron chi connectivity index (χ3n) is 4.42. The first-order chi connectivity index (χ1) is 10.6. The summed E-state index contributed by atoms with van der Waals surface area (Å²) in [5.74, 6) is 0.216. The number of morpholine rings is 1. The maximum absolute atomic E-state index is 12.4. The van der Waals surface area contributed by atoms with Gasteiger partial charge in [0.05, 0.1) is 25.4 Å². The van der Waals surface area contributed by atoms with Crippen molar-refractivity contribution in [1.82, 2.24) is 15.1 Å². The van der Waals surface area contributed by atoms with Gasteiger partial charge in [-0.2, -0.15) is 0 Å². The normalized spacial score (nSPS) is 30.0. The summed E-state index contributed by atoms with van der Waals surface area (Å²) in [4.78, 5) is 16.9. The van der Waals surface area contributed by atoms with Gasteiger partial charge in [0.2, 0.25) is 5.91 Å². The molecule has 0 saturated carbocycles. The molecule has 0 radical (unpaired) electrons. The van der Waals surface area contributed by atoms with E-state index in [0.29, 0.717) is 19.2 Å². The van der Waals surface area contributed by atoms with Crippen molar-refractivity contribution in [2.45, 2.75) is 44.9 Å². The van der Waals surface area contributed by atoms with Crippen LogP contribution in [0.15, 0.2) is 0 Å². The largest absolute Gasteiger partial charge is 0.383 e. The highest BCUT2D eigenvalue weighted by Gasteiger charge is 2.32. The Balaban J connectivity index is 1.78. The van der Waals surface area contributed by atoms with E-state index in [4.69, 9.17) is 9.47 Å². The van der Waals surface area contributed by atoms with E-state index < -0.39 is 0 Å². The number of nitrogens with one attached hydrogen (secondary N) is 1. The van der Waals surface area contributed by atoms with Crippen LogP contribution in [0.25, 0.3) is 0 Å². The first-order valence-corrected chi connectivity index (χ1v) is 8.47. The molecule has 2 saturated heterocycles. The minimum atomic E-state index is 0.216. The number of nitrogens with zero attached hydrogens (tertiary/aromatic N) is 2. The van der Waals surface area contributed by atoms with Crippen LogP contribution in [0.2, 0.25) is 0 Å². The summed E-state index contributed by atoms with van der Waals surface area (Å²) in [5.41, 5.74) is 0. The van der Waals surface area contributed by atoms with Gasteiger partial charge in [0.15, 0.2) is 0 Å². The third kappa shape index (κ3) is 5.19. The topological polar surface area (TPSA) is 54.0 Å². The Morgan fingerprint density at radius 2 is 2.05 bits per heavy atom. The molecule has 22 heavy (non-hydrogen) atoms. The molecule has 0 aromatic heterocycles. The minimum absolute atomic E-state index is 0.216. The van der Waals surface area contributed by atoms with Crippen molar-refractivity contribution in [3.8, 4) is 0 Å². The Hall–Kier alpha value is -0.690. The van der Waals surface area contributed by atoms with Crippen LogP contribution in [0.3, 0.4) is 0 Å². The van der Waals surface area contributed by atoms with Gasteiger partial charge >= 0.3 is 0 Å². The molecule has 2 heterocycles. The van der Waals surface area contributed by atoms with Crippen molar-refractivity contribution in [1.29, 1.82) is 0 Å². The van der Waals surface area contributed by atoms with Crippen LogP contribution in [-0.2, 0) is 14.3 Å². The average molecular weight is 313 g/mol. The van der Waals surface area contributed by atoms with Gasteiger partial charge in [0.1, 0.15) is 0 Å². The van der Waals surface area contributed by atoms with Crippen LogP contribution in [0.1, 0.15) is 26.7 Å². The number of hydrogen-bond acceptors (Lipinski definition) is 5. The maximum Gasteiger partial charge on any atom is 0.236 e. The number of likely N-dealkylation sites (tertiary alicyclic amines) is 1. The summed E-state index contributed by atoms with van der Waals surface area (Å²) in [6.07, 6.45) is 2.79. The molecule has 2 fully saturated rings. The average Bonchev–Trinajstić information content (AvgIpc) is 2.90. The molecular formula is C16H31N3O3. The Labute approximate surface area is 134 Å². The zero-order valence-corrected chi connectivity index (χ0v) is 14.2. The zero-order valence-electron chi connectivity index (χ0n) is 14.2. The summed E-state index contributed by atoms with van der Waals surface area (Å²) in [7, 11) is 1.67. The second-order valence-electron chi connectivity index (χ2n) is 6.53. The highest BCUT2D eigenvalue weighted by molar-refractivity contribution is 5.78.